The molecule has 0 aromatic heterocycles. The van der Waals surface area contributed by atoms with Crippen molar-refractivity contribution in [1.29, 1.82) is 0 Å². The molecule has 0 unspecified atom stereocenters. The first-order valence-electron chi connectivity index (χ1n) is 8.30. The van der Waals surface area contributed by atoms with E-state index < -0.39 is 19.8 Å². The summed E-state index contributed by atoms with van der Waals surface area (Å²) in [7, 11) is 0. The van der Waals surface area contributed by atoms with Crippen molar-refractivity contribution in [2.45, 2.75) is 94.9 Å². The molecule has 0 spiro atoms. The maximum atomic E-state index is 2.49. The third-order valence-electron chi connectivity index (χ3n) is 5.06. The van der Waals surface area contributed by atoms with Crippen molar-refractivity contribution in [3.05, 3.63) is 0 Å². The quantitative estimate of drug-likeness (QED) is 0.407. The molecule has 0 rings (SSSR count). The molecule has 0 aromatic rings. The van der Waals surface area contributed by atoms with Crippen molar-refractivity contribution in [2.75, 3.05) is 0 Å². The Balaban J connectivity index is 0. The molecular weight excluding hydrogens is 351 g/mol. The van der Waals surface area contributed by atoms with Crippen LogP contribution in [0.2, 0.25) is 13.3 Å². The Labute approximate surface area is 136 Å². The van der Waals surface area contributed by atoms with E-state index >= 15 is 0 Å². The third-order valence-corrected chi connectivity index (χ3v) is 17.5. The average Bonchev–Trinajstić information content (AvgIpc) is 2.27. The van der Waals surface area contributed by atoms with Gasteiger partial charge in [-0.25, -0.2) is 0 Å². The van der Waals surface area contributed by atoms with Crippen molar-refractivity contribution in [3.8, 4) is 0 Å². The van der Waals surface area contributed by atoms with Crippen LogP contribution in [0.3, 0.4) is 0 Å². The van der Waals surface area contributed by atoms with Crippen molar-refractivity contribution < 1.29 is 5.48 Å². The molecule has 0 saturated heterocycles. The summed E-state index contributed by atoms with van der Waals surface area (Å²) in [5, 5.41) is 0. The van der Waals surface area contributed by atoms with Gasteiger partial charge in [-0.15, -0.1) is 0 Å². The fourth-order valence-electron chi connectivity index (χ4n) is 2.59. The molecule has 0 atom stereocenters. The summed E-state index contributed by atoms with van der Waals surface area (Å²) in [5.74, 6) is 0. The van der Waals surface area contributed by atoms with Gasteiger partial charge < -0.3 is 5.48 Å². The predicted molar refractivity (Wildman–Crippen MR) is 94.3 cm³/mol. The number of rotatable bonds is 9. The Hall–Kier alpha value is 0.759. The van der Waals surface area contributed by atoms with E-state index in [-0.39, 0.29) is 5.48 Å². The first kappa shape index (κ1) is 23.0. The van der Waals surface area contributed by atoms with Gasteiger partial charge in [0.25, 0.3) is 0 Å². The van der Waals surface area contributed by atoms with E-state index in [1.807, 2.05) is 0 Å². The molecule has 1 N–H and O–H groups in total. The summed E-state index contributed by atoms with van der Waals surface area (Å²) in [6.07, 6.45) is 4.03. The zero-order valence-electron chi connectivity index (χ0n) is 15.7. The van der Waals surface area contributed by atoms with E-state index in [0.29, 0.717) is 16.2 Å². The summed E-state index contributed by atoms with van der Waals surface area (Å²) in [4.78, 5) is 0. The Morgan fingerprint density at radius 1 is 0.550 bits per heavy atom. The Kier molecular flexibility index (Phi) is 10.4. The molecule has 122 valence electrons. The Morgan fingerprint density at radius 3 is 0.900 bits per heavy atom. The fraction of sp³-hybridized carbons (Fsp3) is 1.00. The van der Waals surface area contributed by atoms with Gasteiger partial charge in [0.1, 0.15) is 0 Å². The van der Waals surface area contributed by atoms with Crippen LogP contribution in [0.4, 0.5) is 0 Å². The zero-order valence-corrected chi connectivity index (χ0v) is 18.5. The van der Waals surface area contributed by atoms with Crippen LogP contribution in [0.15, 0.2) is 0 Å². The summed E-state index contributed by atoms with van der Waals surface area (Å²) in [6.45, 7) is 22.1. The van der Waals surface area contributed by atoms with Crippen LogP contribution in [-0.2, 0) is 0 Å². The van der Waals surface area contributed by atoms with Gasteiger partial charge in [0.15, 0.2) is 0 Å². The maximum absolute atomic E-state index is 2.49. The van der Waals surface area contributed by atoms with E-state index in [1.54, 1.807) is 13.3 Å². The van der Waals surface area contributed by atoms with Gasteiger partial charge >= 0.3 is 131 Å². The minimum atomic E-state index is -1.30. The summed E-state index contributed by atoms with van der Waals surface area (Å²) < 4.78 is 4.75. The molecule has 0 radical (unpaired) electrons. The topological polar surface area (TPSA) is 30.0 Å². The van der Waals surface area contributed by atoms with Crippen LogP contribution in [-0.4, -0.2) is 25.2 Å². The molecule has 0 aromatic carbocycles. The van der Waals surface area contributed by atoms with E-state index in [0.717, 1.165) is 0 Å². The van der Waals surface area contributed by atoms with Gasteiger partial charge in [0.2, 0.25) is 0 Å². The van der Waals surface area contributed by atoms with E-state index in [2.05, 4.69) is 62.3 Å². The van der Waals surface area contributed by atoms with Gasteiger partial charge in [0, 0.05) is 0 Å². The van der Waals surface area contributed by atoms with E-state index in [1.165, 1.54) is 19.3 Å². The third kappa shape index (κ3) is 9.65. The summed E-state index contributed by atoms with van der Waals surface area (Å²) in [6, 6.07) is 0. The monoisotopic (exact) mass is 392 g/mol. The molecule has 0 amide bonds. The molecule has 2 heteroatoms. The van der Waals surface area contributed by atoms with Gasteiger partial charge in [-0.1, -0.05) is 0 Å². The molecular formula is C18H40OSn. The van der Waals surface area contributed by atoms with Crippen LogP contribution in [0.25, 0.3) is 0 Å². The smallest absolute Gasteiger partial charge is 0.870 e. The molecule has 0 bridgehead atoms. The largest absolute Gasteiger partial charge is 0.870 e. The molecule has 0 aliphatic rings. The van der Waals surface area contributed by atoms with Crippen LogP contribution in [0.5, 0.6) is 0 Å². The van der Waals surface area contributed by atoms with Crippen LogP contribution < -0.4 is 0 Å². The van der Waals surface area contributed by atoms with Crippen molar-refractivity contribution >= 4 is 19.8 Å². The molecule has 0 saturated carbocycles. The fourth-order valence-corrected chi connectivity index (χ4v) is 17.4. The molecule has 0 heterocycles. The van der Waals surface area contributed by atoms with Gasteiger partial charge in [-0.3, -0.25) is 0 Å². The first-order chi connectivity index (χ1) is 8.47. The standard InChI is InChI=1S/3C6H13.H2O.Sn/c3*1-5-6(2,3)4;;/h3*2,5H2,1,3-4H3;1H2;/q;;;;+1/p-1. The summed E-state index contributed by atoms with van der Waals surface area (Å²) >= 11 is -1.30. The molecule has 0 aliphatic heterocycles. The van der Waals surface area contributed by atoms with E-state index in [4.69, 9.17) is 0 Å². The average molecular weight is 391 g/mol. The van der Waals surface area contributed by atoms with Crippen molar-refractivity contribution in [1.82, 2.24) is 0 Å². The minimum absolute atomic E-state index is 0. The normalized spacial score (nSPS) is 13.1. The van der Waals surface area contributed by atoms with Crippen LogP contribution in [0.1, 0.15) is 81.6 Å². The molecule has 0 fully saturated rings. The van der Waals surface area contributed by atoms with Gasteiger partial charge in [0.05, 0.1) is 0 Å². The maximum Gasteiger partial charge on any atom is -0.870 e. The Morgan fingerprint density at radius 2 is 0.750 bits per heavy atom. The Bertz CT molecular complexity index is 213. The van der Waals surface area contributed by atoms with E-state index in [9.17, 15) is 0 Å². The van der Waals surface area contributed by atoms with Crippen LogP contribution >= 0.6 is 0 Å². The van der Waals surface area contributed by atoms with Crippen LogP contribution in [0, 0.1) is 16.2 Å². The second-order valence-corrected chi connectivity index (χ2v) is 16.1. The zero-order chi connectivity index (χ0) is 15.3. The summed E-state index contributed by atoms with van der Waals surface area (Å²) in [5.41, 5.74) is 1.76. The van der Waals surface area contributed by atoms with Crippen molar-refractivity contribution in [2.24, 2.45) is 16.2 Å². The molecule has 1 nitrogen and oxygen atoms in total. The minimum Gasteiger partial charge on any atom is -0.870 e. The predicted octanol–water partition coefficient (Wildman–Crippen LogP) is 6.61. The second kappa shape index (κ2) is 9.02. The van der Waals surface area contributed by atoms with Gasteiger partial charge in [-0.05, 0) is 0 Å². The number of hydrogen-bond acceptors (Lipinski definition) is 1. The molecule has 20 heavy (non-hydrogen) atoms. The van der Waals surface area contributed by atoms with Crippen molar-refractivity contribution in [3.63, 3.8) is 0 Å². The second-order valence-electron chi connectivity index (χ2n) is 8.83. The molecule has 0 aliphatic carbocycles. The SMILES string of the molecule is CCC(C)(C)[CH2][Sn+]([CH2]C(C)(C)CC)[CH2]C(C)(C)CC.[OH-]. The first-order valence-corrected chi connectivity index (χ1v) is 14.4. The number of hydrogen-bond donors (Lipinski definition) is 0. The van der Waals surface area contributed by atoms with Gasteiger partial charge in [-0.2, -0.15) is 0 Å².